The number of carbonyl (C=O) groups is 1. The summed E-state index contributed by atoms with van der Waals surface area (Å²) in [6.07, 6.45) is 0.257. The maximum absolute atomic E-state index is 13.8. The van der Waals surface area contributed by atoms with Gasteiger partial charge in [0.2, 0.25) is 5.91 Å². The molecule has 2 aromatic carbocycles. The SMILES string of the molecule is COc1cccc(-c2nc(C3CC(=O)N(c4cccc(F)c4C)C3)no2)c1. The predicted octanol–water partition coefficient (Wildman–Crippen LogP) is 3.71. The number of methoxy groups -OCH3 is 1. The van der Waals surface area contributed by atoms with Gasteiger partial charge in [-0.05, 0) is 37.3 Å². The van der Waals surface area contributed by atoms with Crippen molar-refractivity contribution in [2.75, 3.05) is 18.6 Å². The normalized spacial score (nSPS) is 16.8. The summed E-state index contributed by atoms with van der Waals surface area (Å²) in [7, 11) is 1.59. The first-order chi connectivity index (χ1) is 13.1. The van der Waals surface area contributed by atoms with E-state index in [1.165, 1.54) is 6.07 Å². The number of hydrogen-bond donors (Lipinski definition) is 0. The van der Waals surface area contributed by atoms with Crippen molar-refractivity contribution in [2.24, 2.45) is 0 Å². The maximum Gasteiger partial charge on any atom is 0.258 e. The zero-order chi connectivity index (χ0) is 19.0. The summed E-state index contributed by atoms with van der Waals surface area (Å²) >= 11 is 0. The Bertz CT molecular complexity index is 1000. The van der Waals surface area contributed by atoms with E-state index < -0.39 is 0 Å². The van der Waals surface area contributed by atoms with E-state index in [1.807, 2.05) is 18.2 Å². The van der Waals surface area contributed by atoms with Gasteiger partial charge in [-0.1, -0.05) is 17.3 Å². The summed E-state index contributed by atoms with van der Waals surface area (Å²) in [5.41, 5.74) is 1.78. The number of hydrogen-bond acceptors (Lipinski definition) is 5. The van der Waals surface area contributed by atoms with Crippen LogP contribution in [0.1, 0.15) is 23.7 Å². The van der Waals surface area contributed by atoms with Gasteiger partial charge in [0.1, 0.15) is 11.6 Å². The maximum atomic E-state index is 13.8. The number of ether oxygens (including phenoxy) is 1. The third-order valence-electron chi connectivity index (χ3n) is 4.78. The second kappa shape index (κ2) is 6.83. The molecule has 138 valence electrons. The zero-order valence-electron chi connectivity index (χ0n) is 15.0. The van der Waals surface area contributed by atoms with Gasteiger partial charge in [0.15, 0.2) is 5.82 Å². The summed E-state index contributed by atoms with van der Waals surface area (Å²) in [5.74, 6) is 0.916. The average Bonchev–Trinajstić information content (AvgIpc) is 3.31. The molecule has 27 heavy (non-hydrogen) atoms. The highest BCUT2D eigenvalue weighted by Gasteiger charge is 2.35. The Balaban J connectivity index is 1.58. The summed E-state index contributed by atoms with van der Waals surface area (Å²) in [5, 5.41) is 4.05. The number of halogens is 1. The van der Waals surface area contributed by atoms with Gasteiger partial charge in [0, 0.05) is 35.7 Å². The van der Waals surface area contributed by atoms with Crippen molar-refractivity contribution < 1.29 is 18.4 Å². The molecule has 1 atom stereocenters. The van der Waals surface area contributed by atoms with Gasteiger partial charge in [-0.2, -0.15) is 4.98 Å². The molecule has 1 unspecified atom stereocenters. The highest BCUT2D eigenvalue weighted by molar-refractivity contribution is 5.97. The molecule has 3 aromatic rings. The fourth-order valence-electron chi connectivity index (χ4n) is 3.28. The summed E-state index contributed by atoms with van der Waals surface area (Å²) in [6.45, 7) is 2.06. The van der Waals surface area contributed by atoms with Crippen LogP contribution in [0.3, 0.4) is 0 Å². The smallest absolute Gasteiger partial charge is 0.258 e. The molecule has 1 amide bonds. The molecule has 7 heteroatoms. The van der Waals surface area contributed by atoms with Gasteiger partial charge in [-0.25, -0.2) is 4.39 Å². The predicted molar refractivity (Wildman–Crippen MR) is 97.1 cm³/mol. The van der Waals surface area contributed by atoms with E-state index in [2.05, 4.69) is 10.1 Å². The van der Waals surface area contributed by atoms with Crippen LogP contribution in [0.25, 0.3) is 11.5 Å². The van der Waals surface area contributed by atoms with Crippen molar-refractivity contribution in [2.45, 2.75) is 19.3 Å². The van der Waals surface area contributed by atoms with Gasteiger partial charge < -0.3 is 14.2 Å². The van der Waals surface area contributed by atoms with E-state index >= 15 is 0 Å². The molecule has 1 aliphatic heterocycles. The molecular weight excluding hydrogens is 349 g/mol. The van der Waals surface area contributed by atoms with Crippen molar-refractivity contribution in [1.82, 2.24) is 10.1 Å². The number of carbonyl (C=O) groups excluding carboxylic acids is 1. The average molecular weight is 367 g/mol. The summed E-state index contributed by atoms with van der Waals surface area (Å²) < 4.78 is 24.4. The first kappa shape index (κ1) is 17.2. The van der Waals surface area contributed by atoms with Crippen LogP contribution in [0.4, 0.5) is 10.1 Å². The second-order valence-electron chi connectivity index (χ2n) is 6.48. The van der Waals surface area contributed by atoms with Gasteiger partial charge >= 0.3 is 0 Å². The van der Waals surface area contributed by atoms with Crippen molar-refractivity contribution in [3.8, 4) is 17.2 Å². The van der Waals surface area contributed by atoms with Gasteiger partial charge in [0.05, 0.1) is 7.11 Å². The monoisotopic (exact) mass is 367 g/mol. The highest BCUT2D eigenvalue weighted by atomic mass is 19.1. The summed E-state index contributed by atoms with van der Waals surface area (Å²) in [4.78, 5) is 18.5. The lowest BCUT2D eigenvalue weighted by Crippen LogP contribution is -2.25. The molecule has 0 N–H and O–H groups in total. The van der Waals surface area contributed by atoms with Crippen LogP contribution in [0, 0.1) is 12.7 Å². The fourth-order valence-corrected chi connectivity index (χ4v) is 3.28. The summed E-state index contributed by atoms with van der Waals surface area (Å²) in [6, 6.07) is 12.1. The van der Waals surface area contributed by atoms with E-state index in [-0.39, 0.29) is 24.1 Å². The van der Waals surface area contributed by atoms with Crippen molar-refractivity contribution >= 4 is 11.6 Å². The molecular formula is C20H18FN3O3. The molecule has 0 bridgehead atoms. The van der Waals surface area contributed by atoms with E-state index in [4.69, 9.17) is 9.26 Å². The third kappa shape index (κ3) is 3.16. The van der Waals surface area contributed by atoms with Crippen LogP contribution in [-0.4, -0.2) is 29.7 Å². The zero-order valence-corrected chi connectivity index (χ0v) is 15.0. The van der Waals surface area contributed by atoms with Crippen LogP contribution < -0.4 is 9.64 Å². The van der Waals surface area contributed by atoms with E-state index in [9.17, 15) is 9.18 Å². The number of nitrogens with zero attached hydrogens (tertiary/aromatic N) is 3. The minimum absolute atomic E-state index is 0.0820. The Labute approximate surface area is 155 Å². The van der Waals surface area contributed by atoms with Gasteiger partial charge in [-0.3, -0.25) is 4.79 Å². The molecule has 1 aromatic heterocycles. The fraction of sp³-hybridized carbons (Fsp3) is 0.250. The van der Waals surface area contributed by atoms with Crippen LogP contribution in [0.15, 0.2) is 47.0 Å². The molecule has 2 heterocycles. The standard InChI is InChI=1S/C20H18FN3O3/c1-12-16(21)7-4-8-17(12)24-11-14(10-18(24)25)19-22-20(27-23-19)13-5-3-6-15(9-13)26-2/h3-9,14H,10-11H2,1-2H3. The van der Waals surface area contributed by atoms with Crippen molar-refractivity contribution in [1.29, 1.82) is 0 Å². The molecule has 0 saturated carbocycles. The lowest BCUT2D eigenvalue weighted by molar-refractivity contribution is -0.117. The number of aromatic nitrogens is 2. The number of anilines is 1. The van der Waals surface area contributed by atoms with Crippen LogP contribution in [0.5, 0.6) is 5.75 Å². The Morgan fingerprint density at radius 2 is 2.07 bits per heavy atom. The quantitative estimate of drug-likeness (QED) is 0.703. The Morgan fingerprint density at radius 3 is 2.89 bits per heavy atom. The molecule has 0 aliphatic carbocycles. The minimum Gasteiger partial charge on any atom is -0.497 e. The molecule has 1 fully saturated rings. The first-order valence-corrected chi connectivity index (χ1v) is 8.60. The van der Waals surface area contributed by atoms with Crippen LogP contribution in [-0.2, 0) is 4.79 Å². The Kier molecular flexibility index (Phi) is 4.35. The number of amides is 1. The van der Waals surface area contributed by atoms with Gasteiger partial charge in [0.25, 0.3) is 5.89 Å². The lowest BCUT2D eigenvalue weighted by atomic mass is 10.1. The van der Waals surface area contributed by atoms with Crippen molar-refractivity contribution in [3.63, 3.8) is 0 Å². The van der Waals surface area contributed by atoms with Crippen molar-refractivity contribution in [3.05, 3.63) is 59.7 Å². The highest BCUT2D eigenvalue weighted by Crippen LogP contribution is 2.33. The van der Waals surface area contributed by atoms with E-state index in [0.717, 1.165) is 5.56 Å². The molecule has 1 aliphatic rings. The second-order valence-corrected chi connectivity index (χ2v) is 6.48. The number of rotatable bonds is 4. The molecule has 0 spiro atoms. The molecule has 0 radical (unpaired) electrons. The molecule has 4 rings (SSSR count). The van der Waals surface area contributed by atoms with Gasteiger partial charge in [-0.15, -0.1) is 0 Å². The van der Waals surface area contributed by atoms with E-state index in [1.54, 1.807) is 37.1 Å². The molecule has 1 saturated heterocycles. The van der Waals surface area contributed by atoms with Crippen LogP contribution >= 0.6 is 0 Å². The largest absolute Gasteiger partial charge is 0.497 e. The minimum atomic E-state index is -0.330. The number of benzene rings is 2. The van der Waals surface area contributed by atoms with E-state index in [0.29, 0.717) is 35.3 Å². The topological polar surface area (TPSA) is 68.5 Å². The Morgan fingerprint density at radius 1 is 1.26 bits per heavy atom. The van der Waals surface area contributed by atoms with Crippen LogP contribution in [0.2, 0.25) is 0 Å². The molecule has 6 nitrogen and oxygen atoms in total. The lowest BCUT2D eigenvalue weighted by Gasteiger charge is -2.18. The first-order valence-electron chi connectivity index (χ1n) is 8.60. The Hall–Kier alpha value is -3.22. The third-order valence-corrected chi connectivity index (χ3v) is 4.78.